The molecule has 8 heteroatoms. The molecule has 2 fully saturated rings. The molecular formula is C27H29N3O5. The number of anilines is 1. The molecule has 1 aliphatic carbocycles. The fraction of sp³-hybridized carbons (Fsp3) is 0.407. The molecule has 8 nitrogen and oxygen atoms in total. The lowest BCUT2D eigenvalue weighted by atomic mass is 10.1. The summed E-state index contributed by atoms with van der Waals surface area (Å²) in [4.78, 5) is 52.0. The van der Waals surface area contributed by atoms with Crippen LogP contribution in [0.3, 0.4) is 0 Å². The number of carbonyl (C=O) groups is 4. The van der Waals surface area contributed by atoms with Crippen molar-refractivity contribution in [3.05, 3.63) is 64.7 Å². The minimum Gasteiger partial charge on any atom is -0.376 e. The number of ether oxygens (including phenoxy) is 1. The molecule has 1 unspecified atom stereocenters. The van der Waals surface area contributed by atoms with Crippen LogP contribution in [-0.4, -0.2) is 47.8 Å². The molecule has 2 aromatic carbocycles. The predicted molar refractivity (Wildman–Crippen MR) is 129 cm³/mol. The number of nitrogens with zero attached hydrogens (tertiary/aromatic N) is 1. The third-order valence-corrected chi connectivity index (χ3v) is 7.02. The Bertz CT molecular complexity index is 1170. The lowest BCUT2D eigenvalue weighted by molar-refractivity contribution is -0.119. The van der Waals surface area contributed by atoms with Crippen molar-refractivity contribution in [2.45, 2.75) is 51.2 Å². The van der Waals surface area contributed by atoms with Crippen LogP contribution < -0.4 is 10.6 Å². The number of nitrogens with one attached hydrogen (secondary N) is 2. The van der Waals surface area contributed by atoms with Crippen LogP contribution in [0.15, 0.2) is 42.5 Å². The number of rotatable bonds is 7. The molecule has 1 saturated carbocycles. The molecule has 2 aliphatic heterocycles. The van der Waals surface area contributed by atoms with Crippen molar-refractivity contribution in [1.29, 1.82) is 0 Å². The highest BCUT2D eigenvalue weighted by Crippen LogP contribution is 2.27. The second-order valence-corrected chi connectivity index (χ2v) is 9.47. The third-order valence-electron chi connectivity index (χ3n) is 7.02. The van der Waals surface area contributed by atoms with E-state index < -0.39 is 0 Å². The van der Waals surface area contributed by atoms with Crippen molar-refractivity contribution >= 4 is 29.3 Å². The SMILES string of the molecule is O=C(NCc1cccc(NC(=O)C2CCCC2)c1)c1ccc2c(c1)C(=O)N(CC1CCCO1)C2=O. The van der Waals surface area contributed by atoms with Crippen molar-refractivity contribution in [1.82, 2.24) is 10.2 Å². The Morgan fingerprint density at radius 1 is 0.943 bits per heavy atom. The number of hydrogen-bond acceptors (Lipinski definition) is 5. The summed E-state index contributed by atoms with van der Waals surface area (Å²) in [7, 11) is 0. The number of hydrogen-bond donors (Lipinski definition) is 2. The number of benzene rings is 2. The Balaban J connectivity index is 1.21. The second-order valence-electron chi connectivity index (χ2n) is 9.47. The number of carbonyl (C=O) groups excluding carboxylic acids is 4. The van der Waals surface area contributed by atoms with E-state index in [0.717, 1.165) is 44.1 Å². The molecule has 0 radical (unpaired) electrons. The van der Waals surface area contributed by atoms with Gasteiger partial charge >= 0.3 is 0 Å². The fourth-order valence-electron chi connectivity index (χ4n) is 5.07. The van der Waals surface area contributed by atoms with Gasteiger partial charge < -0.3 is 15.4 Å². The molecule has 5 rings (SSSR count). The van der Waals surface area contributed by atoms with Gasteiger partial charge in [-0.15, -0.1) is 0 Å². The molecule has 1 atom stereocenters. The summed E-state index contributed by atoms with van der Waals surface area (Å²) in [6.45, 7) is 1.15. The molecule has 1 saturated heterocycles. The average Bonchev–Trinajstić information content (AvgIpc) is 3.63. The van der Waals surface area contributed by atoms with Crippen LogP contribution in [0.25, 0.3) is 0 Å². The maximum absolute atomic E-state index is 12.9. The van der Waals surface area contributed by atoms with E-state index in [1.165, 1.54) is 11.0 Å². The first-order valence-electron chi connectivity index (χ1n) is 12.3. The Kier molecular flexibility index (Phi) is 6.63. The Hall–Kier alpha value is -3.52. The van der Waals surface area contributed by atoms with Gasteiger partial charge in [-0.2, -0.15) is 0 Å². The van der Waals surface area contributed by atoms with Gasteiger partial charge in [-0.1, -0.05) is 25.0 Å². The van der Waals surface area contributed by atoms with Gasteiger partial charge in [-0.05, 0) is 61.6 Å². The standard InChI is InChI=1S/C27H29N3O5/c31-24(28-15-17-5-3-8-20(13-17)29-25(32)18-6-1-2-7-18)19-10-11-22-23(14-19)27(34)30(26(22)33)16-21-9-4-12-35-21/h3,5,8,10-11,13-14,18,21H,1-2,4,6-7,9,12,15-16H2,(H,28,31)(H,29,32). The molecule has 0 spiro atoms. The summed E-state index contributed by atoms with van der Waals surface area (Å²) < 4.78 is 5.57. The Morgan fingerprint density at radius 2 is 1.74 bits per heavy atom. The molecule has 0 aromatic heterocycles. The van der Waals surface area contributed by atoms with E-state index in [1.54, 1.807) is 12.1 Å². The van der Waals surface area contributed by atoms with Gasteiger partial charge in [0.2, 0.25) is 5.91 Å². The Morgan fingerprint density at radius 3 is 2.51 bits per heavy atom. The van der Waals surface area contributed by atoms with Gasteiger partial charge in [0.15, 0.2) is 0 Å². The zero-order valence-electron chi connectivity index (χ0n) is 19.5. The van der Waals surface area contributed by atoms with E-state index in [2.05, 4.69) is 10.6 Å². The normalized spacial score (nSPS) is 19.8. The van der Waals surface area contributed by atoms with Crippen molar-refractivity contribution in [3.8, 4) is 0 Å². The van der Waals surface area contributed by atoms with Gasteiger partial charge in [0, 0.05) is 30.3 Å². The molecule has 0 bridgehead atoms. The van der Waals surface area contributed by atoms with Crippen molar-refractivity contribution in [2.24, 2.45) is 5.92 Å². The maximum Gasteiger partial charge on any atom is 0.261 e. The van der Waals surface area contributed by atoms with E-state index in [1.807, 2.05) is 24.3 Å². The smallest absolute Gasteiger partial charge is 0.261 e. The number of fused-ring (bicyclic) bond motifs is 1. The molecule has 4 amide bonds. The minimum absolute atomic E-state index is 0.0505. The largest absolute Gasteiger partial charge is 0.376 e. The van der Waals surface area contributed by atoms with E-state index in [-0.39, 0.29) is 54.3 Å². The summed E-state index contributed by atoms with van der Waals surface area (Å²) >= 11 is 0. The molecule has 182 valence electrons. The van der Waals surface area contributed by atoms with Crippen molar-refractivity contribution in [3.63, 3.8) is 0 Å². The van der Waals surface area contributed by atoms with Crippen molar-refractivity contribution < 1.29 is 23.9 Å². The quantitative estimate of drug-likeness (QED) is 0.596. The summed E-state index contributed by atoms with van der Waals surface area (Å²) in [6, 6.07) is 12.0. The van der Waals surface area contributed by atoms with Gasteiger partial charge in [0.05, 0.1) is 23.8 Å². The van der Waals surface area contributed by atoms with Crippen LogP contribution in [0.2, 0.25) is 0 Å². The zero-order chi connectivity index (χ0) is 24.4. The predicted octanol–water partition coefficient (Wildman–Crippen LogP) is 3.52. The van der Waals surface area contributed by atoms with E-state index >= 15 is 0 Å². The Labute approximate surface area is 204 Å². The van der Waals surface area contributed by atoms with Gasteiger partial charge in [-0.3, -0.25) is 24.1 Å². The lowest BCUT2D eigenvalue weighted by Gasteiger charge is -2.17. The van der Waals surface area contributed by atoms with Crippen LogP contribution in [0, 0.1) is 5.92 Å². The highest BCUT2D eigenvalue weighted by molar-refractivity contribution is 6.22. The first-order chi connectivity index (χ1) is 17.0. The van der Waals surface area contributed by atoms with Gasteiger partial charge in [0.1, 0.15) is 0 Å². The molecule has 3 aliphatic rings. The van der Waals surface area contributed by atoms with Crippen molar-refractivity contribution in [2.75, 3.05) is 18.5 Å². The van der Waals surface area contributed by atoms with Crippen LogP contribution in [-0.2, 0) is 16.1 Å². The van der Waals surface area contributed by atoms with E-state index in [9.17, 15) is 19.2 Å². The van der Waals surface area contributed by atoms with Crippen LogP contribution in [0.1, 0.15) is 75.2 Å². The van der Waals surface area contributed by atoms with Gasteiger partial charge in [0.25, 0.3) is 17.7 Å². The second kappa shape index (κ2) is 10.00. The fourth-order valence-corrected chi connectivity index (χ4v) is 5.07. The van der Waals surface area contributed by atoms with E-state index in [0.29, 0.717) is 23.4 Å². The lowest BCUT2D eigenvalue weighted by Crippen LogP contribution is -2.36. The summed E-state index contributed by atoms with van der Waals surface area (Å²) in [5.74, 6) is -0.945. The maximum atomic E-state index is 12.9. The minimum atomic E-state index is -0.388. The zero-order valence-corrected chi connectivity index (χ0v) is 19.5. The van der Waals surface area contributed by atoms with Gasteiger partial charge in [-0.25, -0.2) is 0 Å². The summed E-state index contributed by atoms with van der Waals surface area (Å²) in [6.07, 6.45) is 5.68. The topological polar surface area (TPSA) is 105 Å². The molecule has 2 heterocycles. The highest BCUT2D eigenvalue weighted by Gasteiger charge is 2.38. The monoisotopic (exact) mass is 475 g/mol. The van der Waals surface area contributed by atoms with Crippen LogP contribution in [0.4, 0.5) is 5.69 Å². The molecule has 35 heavy (non-hydrogen) atoms. The van der Waals surface area contributed by atoms with Crippen LogP contribution in [0.5, 0.6) is 0 Å². The first-order valence-corrected chi connectivity index (χ1v) is 12.3. The average molecular weight is 476 g/mol. The van der Waals surface area contributed by atoms with E-state index in [4.69, 9.17) is 4.74 Å². The highest BCUT2D eigenvalue weighted by atomic mass is 16.5. The number of imide groups is 1. The molecule has 2 aromatic rings. The molecule has 2 N–H and O–H groups in total. The molecular weight excluding hydrogens is 446 g/mol. The third kappa shape index (κ3) is 4.98. The van der Waals surface area contributed by atoms with Crippen LogP contribution >= 0.6 is 0 Å². The summed E-state index contributed by atoms with van der Waals surface area (Å²) in [5.41, 5.74) is 2.43. The first kappa shape index (κ1) is 23.2. The summed E-state index contributed by atoms with van der Waals surface area (Å²) in [5, 5.41) is 5.83. The number of amides is 4.